The number of carbonyl (C=O) groups excluding carboxylic acids is 2. The second-order valence-electron chi connectivity index (χ2n) is 5.48. The topological polar surface area (TPSA) is 85.2 Å². The lowest BCUT2D eigenvalue weighted by molar-refractivity contribution is -0.143. The lowest BCUT2D eigenvalue weighted by Crippen LogP contribution is -2.56. The van der Waals surface area contributed by atoms with E-state index < -0.39 is 17.4 Å². The normalized spacial score (nSPS) is 19.6. The third-order valence-electron chi connectivity index (χ3n) is 3.73. The van der Waals surface area contributed by atoms with Gasteiger partial charge in [0.1, 0.15) is 5.75 Å². The van der Waals surface area contributed by atoms with Crippen LogP contribution in [0.25, 0.3) is 0 Å². The number of hydrogen-bond acceptors (Lipinski definition) is 4. The van der Waals surface area contributed by atoms with Gasteiger partial charge in [0.15, 0.2) is 5.82 Å². The van der Waals surface area contributed by atoms with Crippen LogP contribution in [0.15, 0.2) is 24.3 Å². The van der Waals surface area contributed by atoms with Gasteiger partial charge in [-0.25, -0.2) is 0 Å². The minimum absolute atomic E-state index is 0.356. The molecule has 1 aromatic heterocycles. The Labute approximate surface area is 137 Å². The number of nitrogens with one attached hydrogen (secondary N) is 2. The average Bonchev–Trinajstić information content (AvgIpc) is 2.79. The monoisotopic (exact) mass is 334 g/mol. The standard InChI is InChI=1S/C15H15ClN4O3/c1-8-6-12(19-20(8)3)18-14(22)15(2)13(21)17-10-7-9(16)4-5-11(10)23-15/h4-7H,1-3H3,(H,17,21)(H,18,19,22). The third-order valence-corrected chi connectivity index (χ3v) is 3.96. The number of anilines is 2. The average molecular weight is 335 g/mol. The van der Waals surface area contributed by atoms with Crippen LogP contribution in [0.5, 0.6) is 5.75 Å². The molecule has 2 N–H and O–H groups in total. The van der Waals surface area contributed by atoms with Crippen molar-refractivity contribution in [2.45, 2.75) is 19.4 Å². The molecular formula is C15H15ClN4O3. The van der Waals surface area contributed by atoms with Gasteiger partial charge in [0.25, 0.3) is 17.4 Å². The zero-order chi connectivity index (χ0) is 16.8. The number of nitrogens with zero attached hydrogens (tertiary/aromatic N) is 2. The van der Waals surface area contributed by atoms with Crippen LogP contribution >= 0.6 is 11.6 Å². The van der Waals surface area contributed by atoms with Gasteiger partial charge in [-0.1, -0.05) is 11.6 Å². The molecule has 0 spiro atoms. The maximum atomic E-state index is 12.5. The Morgan fingerprint density at radius 1 is 1.43 bits per heavy atom. The van der Waals surface area contributed by atoms with Crippen molar-refractivity contribution in [3.63, 3.8) is 0 Å². The highest BCUT2D eigenvalue weighted by Crippen LogP contribution is 2.35. The van der Waals surface area contributed by atoms with Gasteiger partial charge < -0.3 is 15.4 Å². The van der Waals surface area contributed by atoms with Crippen LogP contribution in [0.1, 0.15) is 12.6 Å². The zero-order valence-corrected chi connectivity index (χ0v) is 13.6. The highest BCUT2D eigenvalue weighted by atomic mass is 35.5. The lowest BCUT2D eigenvalue weighted by Gasteiger charge is -2.33. The van der Waals surface area contributed by atoms with Gasteiger partial charge in [-0.2, -0.15) is 5.10 Å². The van der Waals surface area contributed by atoms with Gasteiger partial charge in [-0.3, -0.25) is 14.3 Å². The van der Waals surface area contributed by atoms with Crippen LogP contribution in [-0.4, -0.2) is 27.2 Å². The van der Waals surface area contributed by atoms with Crippen LogP contribution in [0, 0.1) is 6.92 Å². The van der Waals surface area contributed by atoms with Crippen molar-refractivity contribution in [3.8, 4) is 5.75 Å². The maximum absolute atomic E-state index is 12.5. The largest absolute Gasteiger partial charge is 0.466 e. The summed E-state index contributed by atoms with van der Waals surface area (Å²) in [5.41, 5.74) is -0.396. The Bertz CT molecular complexity index is 798. The number of aromatic nitrogens is 2. The summed E-state index contributed by atoms with van der Waals surface area (Å²) in [6, 6.07) is 6.50. The molecule has 0 aliphatic carbocycles. The van der Waals surface area contributed by atoms with Crippen molar-refractivity contribution in [2.75, 3.05) is 10.6 Å². The first-order chi connectivity index (χ1) is 10.8. The predicted octanol–water partition coefficient (Wildman–Crippen LogP) is 2.11. The smallest absolute Gasteiger partial charge is 0.279 e. The highest BCUT2D eigenvalue weighted by molar-refractivity contribution is 6.31. The van der Waals surface area contributed by atoms with Gasteiger partial charge in [0, 0.05) is 23.8 Å². The van der Waals surface area contributed by atoms with Crippen molar-refractivity contribution >= 4 is 34.9 Å². The zero-order valence-electron chi connectivity index (χ0n) is 12.8. The SMILES string of the molecule is Cc1cc(NC(=O)C2(C)Oc3ccc(Cl)cc3NC2=O)nn1C. The molecule has 2 aromatic rings. The molecule has 0 saturated carbocycles. The van der Waals surface area contributed by atoms with Crippen LogP contribution in [-0.2, 0) is 16.6 Å². The third kappa shape index (κ3) is 2.63. The van der Waals surface area contributed by atoms with E-state index in [1.54, 1.807) is 36.0 Å². The number of fused-ring (bicyclic) bond motifs is 1. The fourth-order valence-electron chi connectivity index (χ4n) is 2.20. The molecule has 2 heterocycles. The number of halogens is 1. The molecule has 2 amide bonds. The van der Waals surface area contributed by atoms with Crippen molar-refractivity contribution < 1.29 is 14.3 Å². The molecule has 1 atom stereocenters. The second-order valence-corrected chi connectivity index (χ2v) is 5.92. The summed E-state index contributed by atoms with van der Waals surface area (Å²) in [4.78, 5) is 24.9. The van der Waals surface area contributed by atoms with Gasteiger partial charge in [0.2, 0.25) is 0 Å². The summed E-state index contributed by atoms with van der Waals surface area (Å²) < 4.78 is 7.26. The molecule has 0 saturated heterocycles. The number of benzene rings is 1. The van der Waals surface area contributed by atoms with Crippen molar-refractivity contribution in [3.05, 3.63) is 35.0 Å². The lowest BCUT2D eigenvalue weighted by atomic mass is 10.0. The molecule has 7 nitrogen and oxygen atoms in total. The number of carbonyl (C=O) groups is 2. The summed E-state index contributed by atoms with van der Waals surface area (Å²) in [6.07, 6.45) is 0. The van der Waals surface area contributed by atoms with Crippen molar-refractivity contribution in [2.24, 2.45) is 7.05 Å². The Hall–Kier alpha value is -2.54. The number of amides is 2. The Balaban J connectivity index is 1.87. The van der Waals surface area contributed by atoms with Crippen LogP contribution < -0.4 is 15.4 Å². The molecule has 120 valence electrons. The van der Waals surface area contributed by atoms with E-state index in [2.05, 4.69) is 15.7 Å². The molecule has 1 aliphatic rings. The number of ether oxygens (including phenoxy) is 1. The maximum Gasteiger partial charge on any atom is 0.279 e. The molecule has 0 radical (unpaired) electrons. The molecular weight excluding hydrogens is 320 g/mol. The van der Waals surface area contributed by atoms with Crippen molar-refractivity contribution in [1.29, 1.82) is 0 Å². The van der Waals surface area contributed by atoms with E-state index in [0.717, 1.165) is 5.69 Å². The van der Waals surface area contributed by atoms with Crippen molar-refractivity contribution in [1.82, 2.24) is 9.78 Å². The van der Waals surface area contributed by atoms with Gasteiger partial charge in [0.05, 0.1) is 5.69 Å². The minimum Gasteiger partial charge on any atom is -0.466 e. The number of rotatable bonds is 2. The van der Waals surface area contributed by atoms with Crippen LogP contribution in [0.2, 0.25) is 5.02 Å². The van der Waals surface area contributed by atoms with Gasteiger partial charge in [-0.05, 0) is 32.0 Å². The summed E-state index contributed by atoms with van der Waals surface area (Å²) in [5.74, 6) is -0.440. The molecule has 1 aromatic carbocycles. The van der Waals surface area contributed by atoms with E-state index in [9.17, 15) is 9.59 Å². The molecule has 1 unspecified atom stereocenters. The molecule has 23 heavy (non-hydrogen) atoms. The first kappa shape index (κ1) is 15.4. The minimum atomic E-state index is -1.70. The first-order valence-corrected chi connectivity index (χ1v) is 7.29. The van der Waals surface area contributed by atoms with Crippen LogP contribution in [0.3, 0.4) is 0 Å². The molecule has 3 rings (SSSR count). The number of aryl methyl sites for hydroxylation is 2. The fraction of sp³-hybridized carbons (Fsp3) is 0.267. The van der Waals surface area contributed by atoms with Crippen LogP contribution in [0.4, 0.5) is 11.5 Å². The second kappa shape index (κ2) is 5.27. The van der Waals surface area contributed by atoms with Gasteiger partial charge >= 0.3 is 0 Å². The predicted molar refractivity (Wildman–Crippen MR) is 85.7 cm³/mol. The first-order valence-electron chi connectivity index (χ1n) is 6.92. The van der Waals surface area contributed by atoms with E-state index in [-0.39, 0.29) is 0 Å². The van der Waals surface area contributed by atoms with E-state index in [1.165, 1.54) is 6.92 Å². The van der Waals surface area contributed by atoms with E-state index in [1.807, 2.05) is 6.92 Å². The molecule has 0 bridgehead atoms. The van der Waals surface area contributed by atoms with Gasteiger partial charge in [-0.15, -0.1) is 0 Å². The summed E-state index contributed by atoms with van der Waals surface area (Å²) in [6.45, 7) is 3.26. The molecule has 0 fully saturated rings. The highest BCUT2D eigenvalue weighted by Gasteiger charge is 2.47. The van der Waals surface area contributed by atoms with E-state index in [4.69, 9.17) is 16.3 Å². The van der Waals surface area contributed by atoms with E-state index in [0.29, 0.717) is 22.3 Å². The Kier molecular flexibility index (Phi) is 3.52. The molecule has 8 heteroatoms. The molecule has 1 aliphatic heterocycles. The van der Waals surface area contributed by atoms with E-state index >= 15 is 0 Å². The Morgan fingerprint density at radius 2 is 2.17 bits per heavy atom. The summed E-state index contributed by atoms with van der Waals surface area (Å²) >= 11 is 5.89. The quantitative estimate of drug-likeness (QED) is 0.824. The fourth-order valence-corrected chi connectivity index (χ4v) is 2.38. The Morgan fingerprint density at radius 3 is 2.83 bits per heavy atom. The number of hydrogen-bond donors (Lipinski definition) is 2. The summed E-state index contributed by atoms with van der Waals surface area (Å²) in [5, 5.41) is 9.84. The summed E-state index contributed by atoms with van der Waals surface area (Å²) in [7, 11) is 1.76.